The lowest BCUT2D eigenvalue weighted by Gasteiger charge is -1.99. The molecule has 1 heterocycles. The Morgan fingerprint density at radius 1 is 1.58 bits per heavy atom. The van der Waals surface area contributed by atoms with Gasteiger partial charge in [0, 0.05) is 18.8 Å². The standard InChI is InChI=1S/C9H13NO2/c1-4-8(10-3)5-9-7(2)11-6-12-9/h4-5,10H,1,6H2,2-3H3/b8-5+. The summed E-state index contributed by atoms with van der Waals surface area (Å²) in [5.41, 5.74) is 0.912. The van der Waals surface area contributed by atoms with Gasteiger partial charge in [-0.05, 0) is 13.0 Å². The smallest absolute Gasteiger partial charge is 0.230 e. The molecule has 1 N–H and O–H groups in total. The maximum atomic E-state index is 5.19. The Hall–Kier alpha value is -1.38. The Morgan fingerprint density at radius 3 is 2.75 bits per heavy atom. The zero-order chi connectivity index (χ0) is 8.97. The van der Waals surface area contributed by atoms with Crippen molar-refractivity contribution in [3.63, 3.8) is 0 Å². The van der Waals surface area contributed by atoms with Crippen LogP contribution in [0.4, 0.5) is 0 Å². The van der Waals surface area contributed by atoms with Crippen molar-refractivity contribution in [2.24, 2.45) is 0 Å². The zero-order valence-corrected chi connectivity index (χ0v) is 7.39. The molecule has 0 radical (unpaired) electrons. The molecule has 1 aliphatic rings. The van der Waals surface area contributed by atoms with Gasteiger partial charge in [-0.2, -0.15) is 0 Å². The van der Waals surface area contributed by atoms with Crippen molar-refractivity contribution in [3.05, 3.63) is 35.9 Å². The van der Waals surface area contributed by atoms with Crippen LogP contribution in [0.25, 0.3) is 0 Å². The first-order valence-electron chi connectivity index (χ1n) is 3.76. The highest BCUT2D eigenvalue weighted by Gasteiger charge is 2.10. The van der Waals surface area contributed by atoms with Gasteiger partial charge in [-0.1, -0.05) is 6.58 Å². The van der Waals surface area contributed by atoms with Gasteiger partial charge in [0.2, 0.25) is 6.79 Å². The van der Waals surface area contributed by atoms with Crippen molar-refractivity contribution in [1.82, 2.24) is 5.32 Å². The van der Waals surface area contributed by atoms with E-state index in [4.69, 9.17) is 9.47 Å². The van der Waals surface area contributed by atoms with E-state index in [0.29, 0.717) is 6.79 Å². The van der Waals surface area contributed by atoms with E-state index in [0.717, 1.165) is 17.2 Å². The van der Waals surface area contributed by atoms with E-state index in [-0.39, 0.29) is 0 Å². The summed E-state index contributed by atoms with van der Waals surface area (Å²) in [6, 6.07) is 0. The summed E-state index contributed by atoms with van der Waals surface area (Å²) in [5.74, 6) is 1.57. The van der Waals surface area contributed by atoms with Crippen molar-refractivity contribution in [1.29, 1.82) is 0 Å². The van der Waals surface area contributed by atoms with Crippen LogP contribution >= 0.6 is 0 Å². The SMILES string of the molecule is C=C/C(=C\C1=C(C)OCO1)NC. The Bertz CT molecular complexity index is 241. The molecule has 12 heavy (non-hydrogen) atoms. The predicted molar refractivity (Wildman–Crippen MR) is 47.1 cm³/mol. The number of nitrogens with one attached hydrogen (secondary N) is 1. The van der Waals surface area contributed by atoms with Crippen LogP contribution in [0.1, 0.15) is 6.92 Å². The Morgan fingerprint density at radius 2 is 2.33 bits per heavy atom. The van der Waals surface area contributed by atoms with Crippen molar-refractivity contribution in [3.8, 4) is 0 Å². The zero-order valence-electron chi connectivity index (χ0n) is 7.39. The minimum absolute atomic E-state index is 0.311. The topological polar surface area (TPSA) is 30.5 Å². The van der Waals surface area contributed by atoms with Gasteiger partial charge in [0.1, 0.15) is 5.76 Å². The fraction of sp³-hybridized carbons (Fsp3) is 0.333. The van der Waals surface area contributed by atoms with E-state index in [1.807, 2.05) is 20.0 Å². The first kappa shape index (κ1) is 8.71. The molecule has 0 spiro atoms. The number of hydrogen-bond acceptors (Lipinski definition) is 3. The molecule has 3 nitrogen and oxygen atoms in total. The molecule has 0 aromatic rings. The van der Waals surface area contributed by atoms with Crippen LogP contribution in [0.5, 0.6) is 0 Å². The molecule has 3 heteroatoms. The second-order valence-electron chi connectivity index (χ2n) is 2.38. The molecule has 0 bridgehead atoms. The first-order valence-corrected chi connectivity index (χ1v) is 3.76. The van der Waals surface area contributed by atoms with Gasteiger partial charge >= 0.3 is 0 Å². The summed E-state index contributed by atoms with van der Waals surface area (Å²) >= 11 is 0. The van der Waals surface area contributed by atoms with Crippen molar-refractivity contribution >= 4 is 0 Å². The molecule has 0 unspecified atom stereocenters. The minimum atomic E-state index is 0.311. The number of hydrogen-bond donors (Lipinski definition) is 1. The largest absolute Gasteiger partial charge is 0.458 e. The van der Waals surface area contributed by atoms with Crippen LogP contribution < -0.4 is 5.32 Å². The van der Waals surface area contributed by atoms with E-state index in [9.17, 15) is 0 Å². The molecule has 0 aromatic heterocycles. The van der Waals surface area contributed by atoms with Crippen LogP contribution in [0.2, 0.25) is 0 Å². The van der Waals surface area contributed by atoms with Gasteiger partial charge in [-0.15, -0.1) is 0 Å². The fourth-order valence-electron chi connectivity index (χ4n) is 0.872. The summed E-state index contributed by atoms with van der Waals surface area (Å²) in [7, 11) is 1.83. The third-order valence-electron chi connectivity index (χ3n) is 1.63. The van der Waals surface area contributed by atoms with Gasteiger partial charge < -0.3 is 14.8 Å². The monoisotopic (exact) mass is 167 g/mol. The highest BCUT2D eigenvalue weighted by Crippen LogP contribution is 2.17. The van der Waals surface area contributed by atoms with E-state index >= 15 is 0 Å². The first-order chi connectivity index (χ1) is 5.77. The van der Waals surface area contributed by atoms with Crippen molar-refractivity contribution < 1.29 is 9.47 Å². The number of ether oxygens (including phenoxy) is 2. The number of likely N-dealkylation sites (N-methyl/N-ethyl adjacent to an activating group) is 1. The Balaban J connectivity index is 2.77. The Labute approximate surface area is 72.4 Å². The minimum Gasteiger partial charge on any atom is -0.458 e. The lowest BCUT2D eigenvalue weighted by molar-refractivity contribution is 0.0749. The summed E-state index contributed by atoms with van der Waals surface area (Å²) in [5, 5.41) is 2.97. The molecule has 0 fully saturated rings. The molecule has 1 rings (SSSR count). The molecular formula is C9H13NO2. The fourth-order valence-corrected chi connectivity index (χ4v) is 0.872. The van der Waals surface area contributed by atoms with Crippen LogP contribution in [-0.2, 0) is 9.47 Å². The molecule has 0 atom stereocenters. The molecule has 0 amide bonds. The average molecular weight is 167 g/mol. The highest BCUT2D eigenvalue weighted by atomic mass is 16.7. The third-order valence-corrected chi connectivity index (χ3v) is 1.63. The second kappa shape index (κ2) is 3.85. The highest BCUT2D eigenvalue weighted by molar-refractivity contribution is 5.26. The summed E-state index contributed by atoms with van der Waals surface area (Å²) in [6.45, 7) is 5.83. The Kier molecular flexibility index (Phi) is 2.80. The molecule has 0 aliphatic carbocycles. The molecule has 0 saturated heterocycles. The molecule has 0 saturated carbocycles. The van der Waals surface area contributed by atoms with Gasteiger partial charge in [0.25, 0.3) is 0 Å². The average Bonchev–Trinajstić information content (AvgIpc) is 2.47. The van der Waals surface area contributed by atoms with Crippen molar-refractivity contribution in [2.45, 2.75) is 6.92 Å². The molecular weight excluding hydrogens is 154 g/mol. The summed E-state index contributed by atoms with van der Waals surface area (Å²) in [6.07, 6.45) is 3.58. The van der Waals surface area contributed by atoms with E-state index in [2.05, 4.69) is 11.9 Å². The van der Waals surface area contributed by atoms with Gasteiger partial charge in [0.05, 0.1) is 0 Å². The predicted octanol–water partition coefficient (Wildman–Crippen LogP) is 1.51. The molecule has 66 valence electrons. The second-order valence-corrected chi connectivity index (χ2v) is 2.38. The van der Waals surface area contributed by atoms with Gasteiger partial charge in [-0.25, -0.2) is 0 Å². The van der Waals surface area contributed by atoms with Crippen LogP contribution in [0, 0.1) is 0 Å². The van der Waals surface area contributed by atoms with Crippen LogP contribution in [0.3, 0.4) is 0 Å². The lowest BCUT2D eigenvalue weighted by atomic mass is 10.3. The van der Waals surface area contributed by atoms with Gasteiger partial charge in [-0.3, -0.25) is 0 Å². The maximum Gasteiger partial charge on any atom is 0.230 e. The van der Waals surface area contributed by atoms with E-state index in [1.54, 1.807) is 6.08 Å². The third kappa shape index (κ3) is 1.81. The van der Waals surface area contributed by atoms with Crippen LogP contribution in [-0.4, -0.2) is 13.8 Å². The molecule has 1 aliphatic heterocycles. The van der Waals surface area contributed by atoms with E-state index in [1.165, 1.54) is 0 Å². The van der Waals surface area contributed by atoms with E-state index < -0.39 is 0 Å². The number of rotatable bonds is 3. The quantitative estimate of drug-likeness (QED) is 0.646. The molecule has 0 aromatic carbocycles. The summed E-state index contributed by atoms with van der Waals surface area (Å²) in [4.78, 5) is 0. The van der Waals surface area contributed by atoms with Gasteiger partial charge in [0.15, 0.2) is 5.76 Å². The lowest BCUT2D eigenvalue weighted by Crippen LogP contribution is -2.03. The maximum absolute atomic E-state index is 5.19. The summed E-state index contributed by atoms with van der Waals surface area (Å²) < 4.78 is 10.3. The van der Waals surface area contributed by atoms with Crippen molar-refractivity contribution in [2.75, 3.05) is 13.8 Å². The van der Waals surface area contributed by atoms with Crippen LogP contribution in [0.15, 0.2) is 35.9 Å². The normalized spacial score (nSPS) is 17.0. The number of allylic oxidation sites excluding steroid dienone is 3.